The Morgan fingerprint density at radius 3 is 2.71 bits per heavy atom. The molecule has 0 radical (unpaired) electrons. The first-order chi connectivity index (χ1) is 8.36. The third kappa shape index (κ3) is 1.65. The maximum atomic E-state index is 6.02. The van der Waals surface area contributed by atoms with E-state index in [1.807, 2.05) is 6.34 Å². The van der Waals surface area contributed by atoms with Gasteiger partial charge in [-0.2, -0.15) is 0 Å². The summed E-state index contributed by atoms with van der Waals surface area (Å²) in [5.41, 5.74) is 8.97. The molecule has 0 unspecified atom stereocenters. The highest BCUT2D eigenvalue weighted by atomic mass is 15.2. The van der Waals surface area contributed by atoms with Gasteiger partial charge in [-0.15, -0.1) is 0 Å². The standard InChI is InChI=1S/C14H19N3/c15-10-14(6-3-7-14)12-4-1-2-5-13(12)17-9-8-16-11-17/h1-2,4-5,11H,3,6-10,15H2. The number of hydrogen-bond donors (Lipinski definition) is 1. The van der Waals surface area contributed by atoms with Crippen LogP contribution < -0.4 is 10.6 Å². The number of nitrogens with zero attached hydrogens (tertiary/aromatic N) is 2. The minimum absolute atomic E-state index is 0.229. The van der Waals surface area contributed by atoms with E-state index in [4.69, 9.17) is 5.73 Å². The van der Waals surface area contributed by atoms with E-state index in [9.17, 15) is 0 Å². The van der Waals surface area contributed by atoms with E-state index < -0.39 is 0 Å². The average molecular weight is 229 g/mol. The van der Waals surface area contributed by atoms with Crippen molar-refractivity contribution < 1.29 is 0 Å². The zero-order valence-corrected chi connectivity index (χ0v) is 10.1. The van der Waals surface area contributed by atoms with Gasteiger partial charge in [0.25, 0.3) is 0 Å². The molecular formula is C14H19N3. The van der Waals surface area contributed by atoms with Crippen LogP contribution in [-0.2, 0) is 5.41 Å². The van der Waals surface area contributed by atoms with Gasteiger partial charge in [0.05, 0.1) is 12.9 Å². The molecule has 1 aliphatic carbocycles. The number of anilines is 1. The molecule has 0 atom stereocenters. The number of nitrogens with two attached hydrogens (primary N) is 1. The second-order valence-corrected chi connectivity index (χ2v) is 5.07. The minimum Gasteiger partial charge on any atom is -0.331 e. The molecule has 0 saturated heterocycles. The Bertz CT molecular complexity index is 429. The van der Waals surface area contributed by atoms with Crippen molar-refractivity contribution in [2.75, 3.05) is 24.5 Å². The second-order valence-electron chi connectivity index (χ2n) is 5.07. The highest BCUT2D eigenvalue weighted by Gasteiger charge is 2.39. The van der Waals surface area contributed by atoms with Crippen molar-refractivity contribution in [3.05, 3.63) is 29.8 Å². The maximum absolute atomic E-state index is 6.02. The maximum Gasteiger partial charge on any atom is 0.0895 e. The van der Waals surface area contributed by atoms with Crippen molar-refractivity contribution in [2.45, 2.75) is 24.7 Å². The molecule has 2 N–H and O–H groups in total. The van der Waals surface area contributed by atoms with Gasteiger partial charge in [-0.3, -0.25) is 4.99 Å². The van der Waals surface area contributed by atoms with Crippen LogP contribution in [0, 0.1) is 0 Å². The van der Waals surface area contributed by atoms with Crippen molar-refractivity contribution in [2.24, 2.45) is 10.7 Å². The molecule has 1 heterocycles. The Hall–Kier alpha value is -1.35. The third-order valence-corrected chi connectivity index (χ3v) is 4.18. The molecule has 1 fully saturated rings. The summed E-state index contributed by atoms with van der Waals surface area (Å²) in [5.74, 6) is 0. The van der Waals surface area contributed by atoms with Gasteiger partial charge in [-0.25, -0.2) is 0 Å². The van der Waals surface area contributed by atoms with Gasteiger partial charge >= 0.3 is 0 Å². The Kier molecular flexibility index (Phi) is 2.63. The number of para-hydroxylation sites is 1. The highest BCUT2D eigenvalue weighted by molar-refractivity contribution is 5.83. The van der Waals surface area contributed by atoms with Crippen LogP contribution in [0.4, 0.5) is 5.69 Å². The van der Waals surface area contributed by atoms with E-state index in [2.05, 4.69) is 34.2 Å². The SMILES string of the molecule is NCC1(c2ccccc2N2C=NCC2)CCC1. The zero-order chi connectivity index (χ0) is 11.7. The number of rotatable bonds is 3. The first-order valence-corrected chi connectivity index (χ1v) is 6.42. The molecular weight excluding hydrogens is 210 g/mol. The summed E-state index contributed by atoms with van der Waals surface area (Å²) in [4.78, 5) is 6.56. The fraction of sp³-hybridized carbons (Fsp3) is 0.500. The molecule has 1 aromatic rings. The predicted octanol–water partition coefficient (Wildman–Crippen LogP) is 1.92. The molecule has 2 aliphatic rings. The van der Waals surface area contributed by atoms with E-state index >= 15 is 0 Å². The topological polar surface area (TPSA) is 41.6 Å². The quantitative estimate of drug-likeness (QED) is 0.860. The lowest BCUT2D eigenvalue weighted by Crippen LogP contribution is -2.42. The Morgan fingerprint density at radius 1 is 1.29 bits per heavy atom. The molecule has 90 valence electrons. The van der Waals surface area contributed by atoms with Gasteiger partial charge < -0.3 is 10.6 Å². The molecule has 0 aromatic heterocycles. The van der Waals surface area contributed by atoms with Gasteiger partial charge in [0.1, 0.15) is 0 Å². The Morgan fingerprint density at radius 2 is 2.12 bits per heavy atom. The number of aliphatic imine (C=N–C) groups is 1. The largest absolute Gasteiger partial charge is 0.331 e. The van der Waals surface area contributed by atoms with Crippen LogP contribution in [0.2, 0.25) is 0 Å². The van der Waals surface area contributed by atoms with Gasteiger partial charge in [0.2, 0.25) is 0 Å². The molecule has 3 rings (SSSR count). The molecule has 0 spiro atoms. The van der Waals surface area contributed by atoms with Crippen molar-refractivity contribution in [3.8, 4) is 0 Å². The summed E-state index contributed by atoms with van der Waals surface area (Å²) in [6.07, 6.45) is 5.72. The third-order valence-electron chi connectivity index (χ3n) is 4.18. The first kappa shape index (κ1) is 10.8. The van der Waals surface area contributed by atoms with Crippen LogP contribution in [-0.4, -0.2) is 26.0 Å². The van der Waals surface area contributed by atoms with Crippen LogP contribution in [0.3, 0.4) is 0 Å². The lowest BCUT2D eigenvalue weighted by Gasteiger charge is -2.43. The zero-order valence-electron chi connectivity index (χ0n) is 10.1. The number of hydrogen-bond acceptors (Lipinski definition) is 3. The Labute approximate surface area is 102 Å². The fourth-order valence-electron chi connectivity index (χ4n) is 2.92. The van der Waals surface area contributed by atoms with Crippen LogP contribution in [0.1, 0.15) is 24.8 Å². The van der Waals surface area contributed by atoms with Crippen LogP contribution >= 0.6 is 0 Å². The fourth-order valence-corrected chi connectivity index (χ4v) is 2.92. The van der Waals surface area contributed by atoms with Gasteiger partial charge in [0, 0.05) is 24.2 Å². The molecule has 1 aliphatic heterocycles. The van der Waals surface area contributed by atoms with Gasteiger partial charge in [0.15, 0.2) is 0 Å². The van der Waals surface area contributed by atoms with E-state index in [-0.39, 0.29) is 5.41 Å². The van der Waals surface area contributed by atoms with Crippen LogP contribution in [0.5, 0.6) is 0 Å². The van der Waals surface area contributed by atoms with Gasteiger partial charge in [-0.1, -0.05) is 24.6 Å². The molecule has 0 bridgehead atoms. The average Bonchev–Trinajstić information content (AvgIpc) is 2.82. The summed E-state index contributed by atoms with van der Waals surface area (Å²) < 4.78 is 0. The minimum atomic E-state index is 0.229. The molecule has 3 nitrogen and oxygen atoms in total. The van der Waals surface area contributed by atoms with E-state index in [1.54, 1.807) is 0 Å². The lowest BCUT2D eigenvalue weighted by molar-refractivity contribution is 0.253. The Balaban J connectivity index is 2.01. The molecule has 1 aromatic carbocycles. The van der Waals surface area contributed by atoms with Crippen LogP contribution in [0.25, 0.3) is 0 Å². The smallest absolute Gasteiger partial charge is 0.0895 e. The summed E-state index contributed by atoms with van der Waals surface area (Å²) in [5, 5.41) is 0. The highest BCUT2D eigenvalue weighted by Crippen LogP contribution is 2.46. The van der Waals surface area contributed by atoms with E-state index in [0.717, 1.165) is 19.6 Å². The summed E-state index contributed by atoms with van der Waals surface area (Å²) >= 11 is 0. The normalized spacial score (nSPS) is 21.6. The summed E-state index contributed by atoms with van der Waals surface area (Å²) in [6.45, 7) is 2.66. The second kappa shape index (κ2) is 4.15. The van der Waals surface area contributed by atoms with Crippen molar-refractivity contribution in [3.63, 3.8) is 0 Å². The summed E-state index contributed by atoms with van der Waals surface area (Å²) in [6, 6.07) is 8.67. The van der Waals surface area contributed by atoms with Crippen molar-refractivity contribution >= 4 is 12.0 Å². The lowest BCUT2D eigenvalue weighted by atomic mass is 9.64. The number of benzene rings is 1. The van der Waals surface area contributed by atoms with E-state index in [1.165, 1.54) is 30.5 Å². The van der Waals surface area contributed by atoms with E-state index in [0.29, 0.717) is 0 Å². The van der Waals surface area contributed by atoms with Gasteiger partial charge in [-0.05, 0) is 24.5 Å². The molecule has 0 amide bonds. The molecule has 1 saturated carbocycles. The predicted molar refractivity (Wildman–Crippen MR) is 71.7 cm³/mol. The van der Waals surface area contributed by atoms with Crippen molar-refractivity contribution in [1.29, 1.82) is 0 Å². The molecule has 3 heteroatoms. The molecule has 17 heavy (non-hydrogen) atoms. The monoisotopic (exact) mass is 229 g/mol. The van der Waals surface area contributed by atoms with Crippen LogP contribution in [0.15, 0.2) is 29.3 Å². The van der Waals surface area contributed by atoms with Crippen molar-refractivity contribution in [1.82, 2.24) is 0 Å². The first-order valence-electron chi connectivity index (χ1n) is 6.42. The summed E-state index contributed by atoms with van der Waals surface area (Å²) in [7, 11) is 0.